The zero-order chi connectivity index (χ0) is 21.1. The number of nitrogens with zero attached hydrogens (tertiary/aromatic N) is 4. The number of hydrogen-bond donors (Lipinski definition) is 1. The molecule has 0 aliphatic carbocycles. The van der Waals surface area contributed by atoms with Crippen LogP contribution >= 0.6 is 11.3 Å². The van der Waals surface area contributed by atoms with Gasteiger partial charge in [0.05, 0.1) is 9.77 Å². The molecule has 0 unspecified atom stereocenters. The van der Waals surface area contributed by atoms with Gasteiger partial charge in [0.15, 0.2) is 5.82 Å². The third-order valence-electron chi connectivity index (χ3n) is 4.80. The molecule has 1 amide bonds. The van der Waals surface area contributed by atoms with Crippen molar-refractivity contribution in [1.29, 1.82) is 0 Å². The van der Waals surface area contributed by atoms with E-state index in [-0.39, 0.29) is 10.8 Å². The lowest BCUT2D eigenvalue weighted by Crippen LogP contribution is -2.49. The summed E-state index contributed by atoms with van der Waals surface area (Å²) in [7, 11) is -3.59. The van der Waals surface area contributed by atoms with E-state index in [1.807, 2.05) is 34.5 Å². The molecular formula is C20H21N5O3S2. The van der Waals surface area contributed by atoms with Gasteiger partial charge in [0, 0.05) is 38.8 Å². The molecule has 4 rings (SSSR count). The van der Waals surface area contributed by atoms with E-state index in [1.165, 1.54) is 23.4 Å². The Hall–Kier alpha value is -2.82. The van der Waals surface area contributed by atoms with Crippen LogP contribution in [-0.2, 0) is 14.8 Å². The number of aromatic nitrogens is 2. The molecule has 0 saturated carbocycles. The fourth-order valence-electron chi connectivity index (χ4n) is 3.27. The monoisotopic (exact) mass is 443 g/mol. The summed E-state index contributed by atoms with van der Waals surface area (Å²) in [5.74, 6) is 0.542. The van der Waals surface area contributed by atoms with Gasteiger partial charge in [0.25, 0.3) is 0 Å². The Morgan fingerprint density at radius 2 is 1.73 bits per heavy atom. The Bertz CT molecular complexity index is 1110. The van der Waals surface area contributed by atoms with Crippen LogP contribution in [0.3, 0.4) is 0 Å². The van der Waals surface area contributed by atoms with E-state index in [0.717, 1.165) is 16.4 Å². The zero-order valence-electron chi connectivity index (χ0n) is 16.4. The number of anilines is 2. The van der Waals surface area contributed by atoms with Crippen LogP contribution in [0.15, 0.2) is 58.8 Å². The molecule has 2 aromatic heterocycles. The Balaban J connectivity index is 1.40. The van der Waals surface area contributed by atoms with Gasteiger partial charge in [0.1, 0.15) is 5.69 Å². The number of nitrogens with one attached hydrogen (secondary N) is 1. The predicted octanol–water partition coefficient (Wildman–Crippen LogP) is 2.67. The van der Waals surface area contributed by atoms with Gasteiger partial charge in [-0.05, 0) is 47.8 Å². The Labute approximate surface area is 179 Å². The number of hydrogen-bond acceptors (Lipinski definition) is 7. The molecule has 0 radical (unpaired) electrons. The second-order valence-electron chi connectivity index (χ2n) is 6.85. The number of rotatable bonds is 5. The van der Waals surface area contributed by atoms with E-state index in [2.05, 4.69) is 15.5 Å². The molecule has 1 aromatic carbocycles. The van der Waals surface area contributed by atoms with Gasteiger partial charge in [-0.2, -0.15) is 4.31 Å². The van der Waals surface area contributed by atoms with Crippen LogP contribution in [0.2, 0.25) is 0 Å². The number of amides is 1. The van der Waals surface area contributed by atoms with Crippen molar-refractivity contribution < 1.29 is 13.2 Å². The van der Waals surface area contributed by atoms with Crippen molar-refractivity contribution in [1.82, 2.24) is 14.5 Å². The molecule has 1 aliphatic heterocycles. The Morgan fingerprint density at radius 1 is 1.00 bits per heavy atom. The molecule has 3 heterocycles. The first-order valence-electron chi connectivity index (χ1n) is 9.44. The van der Waals surface area contributed by atoms with E-state index in [1.54, 1.807) is 23.5 Å². The van der Waals surface area contributed by atoms with E-state index < -0.39 is 10.0 Å². The van der Waals surface area contributed by atoms with Crippen LogP contribution in [0.1, 0.15) is 6.92 Å². The van der Waals surface area contributed by atoms with Crippen molar-refractivity contribution in [2.75, 3.05) is 36.4 Å². The molecule has 0 bridgehead atoms. The summed E-state index contributed by atoms with van der Waals surface area (Å²) in [5.41, 5.74) is 1.40. The lowest BCUT2D eigenvalue weighted by atomic mass is 10.3. The molecule has 1 fully saturated rings. The molecule has 3 aromatic rings. The summed E-state index contributed by atoms with van der Waals surface area (Å²) < 4.78 is 27.3. The van der Waals surface area contributed by atoms with Crippen molar-refractivity contribution in [2.24, 2.45) is 0 Å². The second-order valence-corrected chi connectivity index (χ2v) is 9.74. The molecule has 8 nitrogen and oxygen atoms in total. The Kier molecular flexibility index (Phi) is 5.80. The fraction of sp³-hybridized carbons (Fsp3) is 0.250. The van der Waals surface area contributed by atoms with Crippen molar-refractivity contribution in [2.45, 2.75) is 11.8 Å². The van der Waals surface area contributed by atoms with Crippen molar-refractivity contribution >= 4 is 38.8 Å². The van der Waals surface area contributed by atoms with Crippen molar-refractivity contribution in [3.8, 4) is 10.6 Å². The van der Waals surface area contributed by atoms with E-state index in [0.29, 0.717) is 31.9 Å². The first-order chi connectivity index (χ1) is 14.4. The van der Waals surface area contributed by atoms with Gasteiger partial charge in [-0.25, -0.2) is 8.42 Å². The smallest absolute Gasteiger partial charge is 0.243 e. The van der Waals surface area contributed by atoms with Gasteiger partial charge < -0.3 is 10.2 Å². The average Bonchev–Trinajstić information content (AvgIpc) is 3.29. The molecule has 10 heteroatoms. The maximum Gasteiger partial charge on any atom is 0.243 e. The quantitative estimate of drug-likeness (QED) is 0.651. The second kappa shape index (κ2) is 8.50. The molecule has 156 valence electrons. The molecule has 30 heavy (non-hydrogen) atoms. The number of piperazine rings is 1. The van der Waals surface area contributed by atoms with Crippen LogP contribution in [0.4, 0.5) is 11.5 Å². The largest absolute Gasteiger partial charge is 0.352 e. The van der Waals surface area contributed by atoms with E-state index >= 15 is 0 Å². The maximum atomic E-state index is 12.9. The summed E-state index contributed by atoms with van der Waals surface area (Å²) in [4.78, 5) is 14.4. The minimum absolute atomic E-state index is 0.201. The third kappa shape index (κ3) is 4.35. The molecule has 1 aliphatic rings. The van der Waals surface area contributed by atoms with Crippen LogP contribution in [0.5, 0.6) is 0 Å². The SMILES string of the molecule is CC(=O)Nc1ccc(S(=O)(=O)N2CCN(c3ccc(-c4cccs4)nn3)CC2)cc1. The van der Waals surface area contributed by atoms with Crippen LogP contribution in [0.25, 0.3) is 10.6 Å². The summed E-state index contributed by atoms with van der Waals surface area (Å²) in [6, 6.07) is 14.1. The normalized spacial score (nSPS) is 15.2. The highest BCUT2D eigenvalue weighted by molar-refractivity contribution is 7.89. The van der Waals surface area contributed by atoms with Gasteiger partial charge >= 0.3 is 0 Å². The van der Waals surface area contributed by atoms with Gasteiger partial charge in [0.2, 0.25) is 15.9 Å². The minimum Gasteiger partial charge on any atom is -0.352 e. The maximum absolute atomic E-state index is 12.9. The molecule has 0 spiro atoms. The summed E-state index contributed by atoms with van der Waals surface area (Å²) >= 11 is 1.61. The fourth-order valence-corrected chi connectivity index (χ4v) is 5.38. The highest BCUT2D eigenvalue weighted by atomic mass is 32.2. The number of carbonyl (C=O) groups excluding carboxylic acids is 1. The highest BCUT2D eigenvalue weighted by Crippen LogP contribution is 2.24. The van der Waals surface area contributed by atoms with Crippen LogP contribution in [0, 0.1) is 0 Å². The van der Waals surface area contributed by atoms with Crippen molar-refractivity contribution in [3.05, 3.63) is 53.9 Å². The van der Waals surface area contributed by atoms with Gasteiger partial charge in [-0.3, -0.25) is 4.79 Å². The number of thiophene rings is 1. The minimum atomic E-state index is -3.59. The standard InChI is InChI=1S/C20H21N5O3S2/c1-15(26)21-16-4-6-17(7-5-16)30(27,28)25-12-10-24(11-13-25)20-9-8-18(22-23-20)19-3-2-14-29-19/h2-9,14H,10-13H2,1H3,(H,21,26). The summed E-state index contributed by atoms with van der Waals surface area (Å²) in [6.07, 6.45) is 0. The highest BCUT2D eigenvalue weighted by Gasteiger charge is 2.29. The first-order valence-corrected chi connectivity index (χ1v) is 11.8. The number of sulfonamides is 1. The van der Waals surface area contributed by atoms with Crippen LogP contribution < -0.4 is 10.2 Å². The first kappa shape index (κ1) is 20.5. The Morgan fingerprint density at radius 3 is 2.30 bits per heavy atom. The van der Waals surface area contributed by atoms with Gasteiger partial charge in [-0.15, -0.1) is 21.5 Å². The molecular weight excluding hydrogens is 422 g/mol. The lowest BCUT2D eigenvalue weighted by molar-refractivity contribution is -0.114. The van der Waals surface area contributed by atoms with Crippen LogP contribution in [-0.4, -0.2) is 55.0 Å². The summed E-state index contributed by atoms with van der Waals surface area (Å²) in [6.45, 7) is 3.21. The third-order valence-corrected chi connectivity index (χ3v) is 7.60. The van der Waals surface area contributed by atoms with E-state index in [9.17, 15) is 13.2 Å². The zero-order valence-corrected chi connectivity index (χ0v) is 18.0. The number of carbonyl (C=O) groups is 1. The van der Waals surface area contributed by atoms with Crippen molar-refractivity contribution in [3.63, 3.8) is 0 Å². The number of benzene rings is 1. The predicted molar refractivity (Wildman–Crippen MR) is 117 cm³/mol. The van der Waals surface area contributed by atoms with Gasteiger partial charge in [-0.1, -0.05) is 6.07 Å². The average molecular weight is 444 g/mol. The summed E-state index contributed by atoms with van der Waals surface area (Å²) in [5, 5.41) is 13.2. The molecule has 1 N–H and O–H groups in total. The topological polar surface area (TPSA) is 95.5 Å². The lowest BCUT2D eigenvalue weighted by Gasteiger charge is -2.34. The molecule has 0 atom stereocenters. The van der Waals surface area contributed by atoms with E-state index in [4.69, 9.17) is 0 Å². The molecule has 1 saturated heterocycles.